The molecule has 0 radical (unpaired) electrons. The number of methoxy groups -OCH3 is 2. The van der Waals surface area contributed by atoms with Crippen LogP contribution in [-0.4, -0.2) is 52.3 Å². The number of aliphatic hydroxyl groups is 1. The topological polar surface area (TPSA) is 119 Å². The SMILES string of the molecule is COc1cc(OC)c(-c2nc3c(n2C(C)CO)C2(C(=O)Nc4cc(C)ccc42)N(c2cc(Cl)ccc2C)C3=O)cn1. The third-order valence-corrected chi connectivity index (χ3v) is 8.00. The summed E-state index contributed by atoms with van der Waals surface area (Å²) in [7, 11) is 3.01. The molecule has 0 fully saturated rings. The molecule has 2 aromatic heterocycles. The molecular formula is C30H28ClN5O5. The van der Waals surface area contributed by atoms with Gasteiger partial charge in [0.15, 0.2) is 11.2 Å². The Morgan fingerprint density at radius 2 is 1.88 bits per heavy atom. The highest BCUT2D eigenvalue weighted by atomic mass is 35.5. The van der Waals surface area contributed by atoms with Crippen LogP contribution in [0.5, 0.6) is 11.6 Å². The monoisotopic (exact) mass is 573 g/mol. The second kappa shape index (κ2) is 9.60. The number of nitrogens with one attached hydrogen (secondary N) is 1. The molecule has 2 aromatic carbocycles. The van der Waals surface area contributed by atoms with Crippen LogP contribution < -0.4 is 19.7 Å². The lowest BCUT2D eigenvalue weighted by molar-refractivity contribution is -0.119. The van der Waals surface area contributed by atoms with Gasteiger partial charge in [0, 0.05) is 28.5 Å². The van der Waals surface area contributed by atoms with E-state index in [0.29, 0.717) is 50.7 Å². The highest BCUT2D eigenvalue weighted by Gasteiger charge is 2.64. The number of hydrogen-bond acceptors (Lipinski definition) is 7. The number of rotatable bonds is 6. The van der Waals surface area contributed by atoms with Crippen molar-refractivity contribution in [2.24, 2.45) is 0 Å². The molecule has 2 N–H and O–H groups in total. The number of amides is 2. The first-order valence-electron chi connectivity index (χ1n) is 13.0. The van der Waals surface area contributed by atoms with Crippen molar-refractivity contribution in [2.45, 2.75) is 32.4 Å². The van der Waals surface area contributed by atoms with Crippen molar-refractivity contribution in [3.05, 3.63) is 81.8 Å². The van der Waals surface area contributed by atoms with E-state index in [1.807, 2.05) is 38.1 Å². The smallest absolute Gasteiger partial charge is 0.280 e. The van der Waals surface area contributed by atoms with E-state index in [9.17, 15) is 14.7 Å². The Morgan fingerprint density at radius 3 is 2.59 bits per heavy atom. The zero-order valence-corrected chi connectivity index (χ0v) is 23.9. The summed E-state index contributed by atoms with van der Waals surface area (Å²) in [6.45, 7) is 5.30. The molecule has 0 aliphatic carbocycles. The van der Waals surface area contributed by atoms with Crippen LogP contribution in [0.2, 0.25) is 5.02 Å². The average Bonchev–Trinajstić information content (AvgIpc) is 3.57. The number of imidazole rings is 1. The molecule has 6 rings (SSSR count). The van der Waals surface area contributed by atoms with Crippen LogP contribution in [-0.2, 0) is 10.3 Å². The highest BCUT2D eigenvalue weighted by Crippen LogP contribution is 2.55. The first kappa shape index (κ1) is 26.8. The van der Waals surface area contributed by atoms with Gasteiger partial charge in [-0.05, 0) is 50.1 Å². The zero-order chi connectivity index (χ0) is 29.2. The van der Waals surface area contributed by atoms with E-state index in [-0.39, 0.29) is 12.3 Å². The Labute approximate surface area is 241 Å². The number of aromatic nitrogens is 3. The zero-order valence-electron chi connectivity index (χ0n) is 23.2. The molecule has 2 aliphatic rings. The molecule has 2 unspecified atom stereocenters. The molecule has 2 amide bonds. The Bertz CT molecular complexity index is 1750. The fourth-order valence-electron chi connectivity index (χ4n) is 5.84. The van der Waals surface area contributed by atoms with E-state index in [1.165, 1.54) is 25.3 Å². The minimum Gasteiger partial charge on any atom is -0.496 e. The number of ether oxygens (including phenoxy) is 2. The standard InChI is InChI=1S/C30H28ClN5O5/c1-15-6-9-20-21(10-15)33-29(39)30(20)26-25(28(38)36(30)22-11-18(31)8-7-16(22)2)34-27(35(26)17(3)14-37)19-13-32-24(41-5)12-23(19)40-4/h6-13,17,37H,14H2,1-5H3,(H,33,39). The van der Waals surface area contributed by atoms with Crippen molar-refractivity contribution < 1.29 is 24.2 Å². The van der Waals surface area contributed by atoms with Crippen molar-refractivity contribution in [3.63, 3.8) is 0 Å². The van der Waals surface area contributed by atoms with Crippen molar-refractivity contribution in [1.82, 2.24) is 14.5 Å². The minimum atomic E-state index is -1.63. The fourth-order valence-corrected chi connectivity index (χ4v) is 6.01. The predicted octanol–water partition coefficient (Wildman–Crippen LogP) is 4.64. The van der Waals surface area contributed by atoms with Crippen LogP contribution in [0.3, 0.4) is 0 Å². The van der Waals surface area contributed by atoms with Gasteiger partial charge in [0.05, 0.1) is 43.8 Å². The average molecular weight is 574 g/mol. The number of halogens is 1. The van der Waals surface area contributed by atoms with Crippen molar-refractivity contribution >= 4 is 34.8 Å². The molecular weight excluding hydrogens is 546 g/mol. The Kier molecular flexibility index (Phi) is 6.28. The minimum absolute atomic E-state index is 0.0844. The summed E-state index contributed by atoms with van der Waals surface area (Å²) in [6, 6.07) is 11.9. The number of hydrogen-bond donors (Lipinski definition) is 2. The predicted molar refractivity (Wildman–Crippen MR) is 154 cm³/mol. The maximum atomic E-state index is 14.5. The molecule has 10 nitrogen and oxygen atoms in total. The molecule has 0 saturated heterocycles. The lowest BCUT2D eigenvalue weighted by Gasteiger charge is -2.36. The van der Waals surface area contributed by atoms with E-state index in [1.54, 1.807) is 29.7 Å². The van der Waals surface area contributed by atoms with E-state index in [0.717, 1.165) is 11.1 Å². The Hall–Kier alpha value is -4.41. The van der Waals surface area contributed by atoms with Crippen LogP contribution in [0.1, 0.15) is 45.8 Å². The van der Waals surface area contributed by atoms with Crippen LogP contribution in [0.15, 0.2) is 48.7 Å². The van der Waals surface area contributed by atoms with Gasteiger partial charge in [0.1, 0.15) is 11.6 Å². The van der Waals surface area contributed by atoms with E-state index in [2.05, 4.69) is 10.3 Å². The summed E-state index contributed by atoms with van der Waals surface area (Å²) in [5.41, 5.74) is 2.64. The van der Waals surface area contributed by atoms with Crippen molar-refractivity contribution in [2.75, 3.05) is 31.0 Å². The summed E-state index contributed by atoms with van der Waals surface area (Å²) < 4.78 is 12.6. The van der Waals surface area contributed by atoms with E-state index >= 15 is 0 Å². The number of aliphatic hydroxyl groups excluding tert-OH is 1. The van der Waals surface area contributed by atoms with Crippen LogP contribution in [0.25, 0.3) is 11.4 Å². The molecule has 4 aromatic rings. The number of carbonyl (C=O) groups excluding carboxylic acids is 2. The van der Waals surface area contributed by atoms with Gasteiger partial charge >= 0.3 is 0 Å². The van der Waals surface area contributed by atoms with Gasteiger partial charge in [-0.3, -0.25) is 14.5 Å². The first-order valence-corrected chi connectivity index (χ1v) is 13.4. The highest BCUT2D eigenvalue weighted by molar-refractivity contribution is 6.31. The van der Waals surface area contributed by atoms with E-state index < -0.39 is 23.4 Å². The summed E-state index contributed by atoms with van der Waals surface area (Å²) in [6.07, 6.45) is 1.54. The molecule has 2 aliphatic heterocycles. The largest absolute Gasteiger partial charge is 0.496 e. The molecule has 2 atom stereocenters. The van der Waals surface area contributed by atoms with Crippen LogP contribution in [0.4, 0.5) is 11.4 Å². The van der Waals surface area contributed by atoms with Crippen LogP contribution >= 0.6 is 11.6 Å². The van der Waals surface area contributed by atoms with Crippen molar-refractivity contribution in [1.29, 1.82) is 0 Å². The number of nitrogens with zero attached hydrogens (tertiary/aromatic N) is 4. The summed E-state index contributed by atoms with van der Waals surface area (Å²) in [5, 5.41) is 13.9. The molecule has 0 saturated carbocycles. The third kappa shape index (κ3) is 3.67. The molecule has 41 heavy (non-hydrogen) atoms. The molecule has 210 valence electrons. The van der Waals surface area contributed by atoms with Gasteiger partial charge in [-0.25, -0.2) is 9.97 Å². The number of aryl methyl sites for hydroxylation is 2. The summed E-state index contributed by atoms with van der Waals surface area (Å²) >= 11 is 6.42. The number of anilines is 2. The van der Waals surface area contributed by atoms with Gasteiger partial charge in [-0.2, -0.15) is 0 Å². The second-order valence-electron chi connectivity index (χ2n) is 10.2. The number of carbonyl (C=O) groups is 2. The quantitative estimate of drug-likeness (QED) is 0.345. The van der Waals surface area contributed by atoms with E-state index in [4.69, 9.17) is 26.1 Å². The first-order chi connectivity index (χ1) is 19.7. The van der Waals surface area contributed by atoms with Gasteiger partial charge in [-0.1, -0.05) is 29.8 Å². The number of fused-ring (bicyclic) bond motifs is 4. The molecule has 1 spiro atoms. The fraction of sp³-hybridized carbons (Fsp3) is 0.267. The Balaban J connectivity index is 1.74. The lowest BCUT2D eigenvalue weighted by atomic mass is 9.86. The molecule has 11 heteroatoms. The number of pyridine rings is 1. The summed E-state index contributed by atoms with van der Waals surface area (Å²) in [5.74, 6) is 0.179. The molecule has 4 heterocycles. The van der Waals surface area contributed by atoms with Gasteiger partial charge < -0.3 is 24.5 Å². The van der Waals surface area contributed by atoms with Crippen LogP contribution in [0, 0.1) is 13.8 Å². The molecule has 0 bridgehead atoms. The normalized spacial score (nSPS) is 18.0. The number of benzene rings is 2. The lowest BCUT2D eigenvalue weighted by Crippen LogP contribution is -2.51. The Morgan fingerprint density at radius 1 is 1.10 bits per heavy atom. The second-order valence-corrected chi connectivity index (χ2v) is 10.7. The maximum Gasteiger partial charge on any atom is 0.280 e. The van der Waals surface area contributed by atoms with Crippen molar-refractivity contribution in [3.8, 4) is 23.0 Å². The van der Waals surface area contributed by atoms with Gasteiger partial charge in [0.25, 0.3) is 11.8 Å². The van der Waals surface area contributed by atoms with Gasteiger partial charge in [0.2, 0.25) is 5.88 Å². The summed E-state index contributed by atoms with van der Waals surface area (Å²) in [4.78, 5) is 39.5. The maximum absolute atomic E-state index is 14.5. The van der Waals surface area contributed by atoms with Gasteiger partial charge in [-0.15, -0.1) is 0 Å². The third-order valence-electron chi connectivity index (χ3n) is 7.76.